The van der Waals surface area contributed by atoms with Crippen LogP contribution in [0.4, 0.5) is 0 Å². The quantitative estimate of drug-likeness (QED) is 0.482. The molecule has 0 aromatic heterocycles. The number of hydrogen-bond acceptors (Lipinski definition) is 0. The van der Waals surface area contributed by atoms with Gasteiger partial charge >= 0.3 is 0 Å². The van der Waals surface area contributed by atoms with Crippen molar-refractivity contribution in [3.05, 3.63) is 114 Å². The lowest BCUT2D eigenvalue weighted by molar-refractivity contribution is 1.41. The average molecular weight is 296 g/mol. The molecule has 3 aromatic rings. The first-order valence-corrected chi connectivity index (χ1v) is 7.94. The van der Waals surface area contributed by atoms with Crippen molar-refractivity contribution in [1.29, 1.82) is 0 Å². The van der Waals surface area contributed by atoms with Gasteiger partial charge in [-0.25, -0.2) is 0 Å². The Morgan fingerprint density at radius 1 is 0.609 bits per heavy atom. The molecule has 0 aliphatic rings. The van der Waals surface area contributed by atoms with E-state index in [1.807, 2.05) is 6.07 Å². The Bertz CT molecular complexity index is 766. The third-order valence-corrected chi connectivity index (χ3v) is 3.73. The van der Waals surface area contributed by atoms with Crippen molar-refractivity contribution in [3.8, 4) is 0 Å². The molecule has 0 aliphatic heterocycles. The highest BCUT2D eigenvalue weighted by Crippen LogP contribution is 2.22. The van der Waals surface area contributed by atoms with Crippen LogP contribution < -0.4 is 0 Å². The molecule has 0 heterocycles. The van der Waals surface area contributed by atoms with Crippen molar-refractivity contribution >= 4 is 17.7 Å². The SMILES string of the molecule is C(=C(\C/C=C/c1ccccc1)c1ccccc1)/c1ccccc1. The summed E-state index contributed by atoms with van der Waals surface area (Å²) in [6.07, 6.45) is 7.59. The van der Waals surface area contributed by atoms with Crippen LogP contribution in [0.1, 0.15) is 23.1 Å². The molecular weight excluding hydrogens is 276 g/mol. The summed E-state index contributed by atoms with van der Waals surface area (Å²) in [4.78, 5) is 0. The lowest BCUT2D eigenvalue weighted by Gasteiger charge is -2.06. The molecule has 0 saturated carbocycles. The maximum Gasteiger partial charge on any atom is -0.00880 e. The maximum absolute atomic E-state index is 2.27. The van der Waals surface area contributed by atoms with Gasteiger partial charge in [0.05, 0.1) is 0 Å². The van der Waals surface area contributed by atoms with E-state index in [0.717, 1.165) is 6.42 Å². The van der Waals surface area contributed by atoms with E-state index >= 15 is 0 Å². The van der Waals surface area contributed by atoms with E-state index in [-0.39, 0.29) is 0 Å². The summed E-state index contributed by atoms with van der Waals surface area (Å²) in [6.45, 7) is 0. The van der Waals surface area contributed by atoms with E-state index in [4.69, 9.17) is 0 Å². The number of benzene rings is 3. The first-order chi connectivity index (χ1) is 11.4. The van der Waals surface area contributed by atoms with E-state index in [0.29, 0.717) is 0 Å². The van der Waals surface area contributed by atoms with Gasteiger partial charge in [-0.15, -0.1) is 0 Å². The summed E-state index contributed by atoms with van der Waals surface area (Å²) in [7, 11) is 0. The molecular formula is C23H20. The molecule has 0 radical (unpaired) electrons. The zero-order valence-corrected chi connectivity index (χ0v) is 13.1. The fourth-order valence-corrected chi connectivity index (χ4v) is 2.55. The first kappa shape index (κ1) is 15.1. The monoisotopic (exact) mass is 296 g/mol. The number of hydrogen-bond donors (Lipinski definition) is 0. The molecule has 0 fully saturated rings. The summed E-state index contributed by atoms with van der Waals surface area (Å²) in [5, 5.41) is 0. The van der Waals surface area contributed by atoms with Crippen LogP contribution >= 0.6 is 0 Å². The van der Waals surface area contributed by atoms with Crippen molar-refractivity contribution in [2.75, 3.05) is 0 Å². The predicted octanol–water partition coefficient (Wildman–Crippen LogP) is 6.33. The standard InChI is InChI=1S/C23H20/c1-4-11-20(12-5-1)15-10-18-23(22-16-8-3-9-17-22)19-21-13-6-2-7-14-21/h1-17,19H,18H2/b15-10+,23-19-. The Morgan fingerprint density at radius 3 is 1.74 bits per heavy atom. The Labute approximate surface area is 138 Å². The lowest BCUT2D eigenvalue weighted by Crippen LogP contribution is -1.83. The molecule has 0 heteroatoms. The summed E-state index contributed by atoms with van der Waals surface area (Å²) in [5.74, 6) is 0. The van der Waals surface area contributed by atoms with Gasteiger partial charge < -0.3 is 0 Å². The maximum atomic E-state index is 2.27. The molecule has 0 aliphatic carbocycles. The van der Waals surface area contributed by atoms with E-state index in [9.17, 15) is 0 Å². The van der Waals surface area contributed by atoms with E-state index in [2.05, 4.69) is 103 Å². The molecule has 3 aromatic carbocycles. The van der Waals surface area contributed by atoms with E-state index < -0.39 is 0 Å². The molecule has 0 bridgehead atoms. The normalized spacial score (nSPS) is 11.7. The van der Waals surface area contributed by atoms with Crippen LogP contribution in [0, 0.1) is 0 Å². The van der Waals surface area contributed by atoms with Crippen molar-refractivity contribution in [1.82, 2.24) is 0 Å². The second-order valence-corrected chi connectivity index (χ2v) is 5.46. The van der Waals surface area contributed by atoms with Crippen molar-refractivity contribution in [2.24, 2.45) is 0 Å². The van der Waals surface area contributed by atoms with Crippen LogP contribution in [0.25, 0.3) is 17.7 Å². The molecule has 0 unspecified atom stereocenters. The smallest absolute Gasteiger partial charge is 0.00880 e. The molecule has 112 valence electrons. The molecule has 0 N–H and O–H groups in total. The highest BCUT2D eigenvalue weighted by molar-refractivity contribution is 5.82. The fourth-order valence-electron chi connectivity index (χ4n) is 2.55. The second kappa shape index (κ2) is 7.95. The Morgan fingerprint density at radius 2 is 1.13 bits per heavy atom. The van der Waals surface area contributed by atoms with Gasteiger partial charge in [0.15, 0.2) is 0 Å². The predicted molar refractivity (Wildman–Crippen MR) is 101 cm³/mol. The van der Waals surface area contributed by atoms with Gasteiger partial charge in [-0.05, 0) is 28.7 Å². The highest BCUT2D eigenvalue weighted by atomic mass is 14.0. The lowest BCUT2D eigenvalue weighted by atomic mass is 9.99. The van der Waals surface area contributed by atoms with E-state index in [1.165, 1.54) is 22.3 Å². The van der Waals surface area contributed by atoms with Crippen LogP contribution in [0.5, 0.6) is 0 Å². The molecule has 0 amide bonds. The molecule has 0 saturated heterocycles. The Balaban J connectivity index is 1.84. The summed E-state index contributed by atoms with van der Waals surface area (Å²) in [5.41, 5.74) is 5.07. The zero-order chi connectivity index (χ0) is 15.7. The third-order valence-electron chi connectivity index (χ3n) is 3.73. The fraction of sp³-hybridized carbons (Fsp3) is 0.0435. The van der Waals surface area contributed by atoms with Crippen LogP contribution in [0.2, 0.25) is 0 Å². The summed E-state index contributed by atoms with van der Waals surface area (Å²) in [6, 6.07) is 31.5. The molecule has 0 nitrogen and oxygen atoms in total. The first-order valence-electron chi connectivity index (χ1n) is 7.94. The minimum atomic E-state index is 0.911. The Kier molecular flexibility index (Phi) is 5.21. The van der Waals surface area contributed by atoms with Crippen molar-refractivity contribution < 1.29 is 0 Å². The molecule has 23 heavy (non-hydrogen) atoms. The largest absolute Gasteiger partial charge is 0.0795 e. The van der Waals surface area contributed by atoms with Gasteiger partial charge in [0.1, 0.15) is 0 Å². The minimum absolute atomic E-state index is 0.911. The van der Waals surface area contributed by atoms with Gasteiger partial charge in [0, 0.05) is 0 Å². The molecule has 0 spiro atoms. The average Bonchev–Trinajstić information content (AvgIpc) is 2.63. The number of rotatable bonds is 5. The highest BCUT2D eigenvalue weighted by Gasteiger charge is 2.00. The van der Waals surface area contributed by atoms with Crippen molar-refractivity contribution in [3.63, 3.8) is 0 Å². The molecule has 3 rings (SSSR count). The topological polar surface area (TPSA) is 0 Å². The van der Waals surface area contributed by atoms with Crippen LogP contribution in [0.3, 0.4) is 0 Å². The van der Waals surface area contributed by atoms with Gasteiger partial charge in [-0.3, -0.25) is 0 Å². The van der Waals surface area contributed by atoms with Gasteiger partial charge in [0.25, 0.3) is 0 Å². The summed E-state index contributed by atoms with van der Waals surface area (Å²) >= 11 is 0. The molecule has 0 atom stereocenters. The van der Waals surface area contributed by atoms with Crippen molar-refractivity contribution in [2.45, 2.75) is 6.42 Å². The van der Waals surface area contributed by atoms with Gasteiger partial charge in [0.2, 0.25) is 0 Å². The van der Waals surface area contributed by atoms with Crippen LogP contribution in [0.15, 0.2) is 97.1 Å². The number of allylic oxidation sites excluding steroid dienone is 2. The second-order valence-electron chi connectivity index (χ2n) is 5.46. The van der Waals surface area contributed by atoms with Crippen LogP contribution in [-0.4, -0.2) is 0 Å². The minimum Gasteiger partial charge on any atom is -0.0795 e. The van der Waals surface area contributed by atoms with Gasteiger partial charge in [-0.1, -0.05) is 109 Å². The summed E-state index contributed by atoms with van der Waals surface area (Å²) < 4.78 is 0. The van der Waals surface area contributed by atoms with Gasteiger partial charge in [-0.2, -0.15) is 0 Å². The van der Waals surface area contributed by atoms with E-state index in [1.54, 1.807) is 0 Å². The zero-order valence-electron chi connectivity index (χ0n) is 13.1. The Hall–Kier alpha value is -2.86. The third kappa shape index (κ3) is 4.55. The van der Waals surface area contributed by atoms with Crippen LogP contribution in [-0.2, 0) is 0 Å².